The molecule has 1 amide bonds. The summed E-state index contributed by atoms with van der Waals surface area (Å²) in [5.41, 5.74) is 0.774. The second-order valence-corrected chi connectivity index (χ2v) is 10.1. The Morgan fingerprint density at radius 1 is 1.06 bits per heavy atom. The molecule has 10 heteroatoms. The number of carbonyl (C=O) groups is 1. The van der Waals surface area contributed by atoms with Gasteiger partial charge in [0.25, 0.3) is 5.91 Å². The second-order valence-electron chi connectivity index (χ2n) is 8.12. The Labute approximate surface area is 188 Å². The number of sulfonamides is 1. The van der Waals surface area contributed by atoms with Crippen LogP contribution in [0.5, 0.6) is 0 Å². The summed E-state index contributed by atoms with van der Waals surface area (Å²) in [5.74, 6) is 0.729. The van der Waals surface area contributed by atoms with Gasteiger partial charge in [0.05, 0.1) is 4.90 Å². The van der Waals surface area contributed by atoms with E-state index < -0.39 is 10.0 Å². The lowest BCUT2D eigenvalue weighted by Crippen LogP contribution is -2.39. The van der Waals surface area contributed by atoms with Crippen LogP contribution in [0.3, 0.4) is 0 Å². The minimum atomic E-state index is -3.48. The first-order chi connectivity index (χ1) is 15.5. The van der Waals surface area contributed by atoms with Crippen LogP contribution in [0.15, 0.2) is 41.6 Å². The van der Waals surface area contributed by atoms with Gasteiger partial charge in [-0.2, -0.15) is 9.57 Å². The molecule has 0 aliphatic carbocycles. The third kappa shape index (κ3) is 4.74. The Morgan fingerprint density at radius 2 is 1.72 bits per heavy atom. The molecule has 4 rings (SSSR count). The second kappa shape index (κ2) is 9.63. The fourth-order valence-electron chi connectivity index (χ4n) is 4.18. The maximum atomic E-state index is 12.6. The zero-order valence-electron chi connectivity index (χ0n) is 17.8. The number of carbonyl (C=O) groups excluding carboxylic acids is 1. The van der Waals surface area contributed by atoms with Crippen molar-refractivity contribution < 1.29 is 13.2 Å². The topological polar surface area (TPSA) is 119 Å². The van der Waals surface area contributed by atoms with Crippen LogP contribution >= 0.6 is 0 Å². The van der Waals surface area contributed by atoms with Gasteiger partial charge in [-0.25, -0.2) is 18.4 Å². The number of nitrogens with one attached hydrogen (secondary N) is 1. The van der Waals surface area contributed by atoms with Crippen LogP contribution in [0.2, 0.25) is 0 Å². The monoisotopic (exact) mass is 454 g/mol. The van der Waals surface area contributed by atoms with Crippen LogP contribution in [-0.4, -0.2) is 61.3 Å². The molecule has 0 radical (unpaired) electrons. The number of amides is 1. The quantitative estimate of drug-likeness (QED) is 0.706. The average Bonchev–Trinajstić information content (AvgIpc) is 3.39. The van der Waals surface area contributed by atoms with Crippen LogP contribution in [0.25, 0.3) is 0 Å². The summed E-state index contributed by atoms with van der Waals surface area (Å²) in [4.78, 5) is 23.2. The minimum Gasteiger partial charge on any atom is -0.354 e. The van der Waals surface area contributed by atoms with Crippen molar-refractivity contribution in [2.24, 2.45) is 5.92 Å². The highest BCUT2D eigenvalue weighted by Crippen LogP contribution is 2.23. The van der Waals surface area contributed by atoms with Gasteiger partial charge in [-0.15, -0.1) is 0 Å². The van der Waals surface area contributed by atoms with Gasteiger partial charge >= 0.3 is 0 Å². The van der Waals surface area contributed by atoms with E-state index in [1.54, 1.807) is 18.3 Å². The third-order valence-corrected chi connectivity index (χ3v) is 7.98. The molecule has 0 spiro atoms. The first-order valence-corrected chi connectivity index (χ1v) is 12.3. The predicted molar refractivity (Wildman–Crippen MR) is 118 cm³/mol. The maximum absolute atomic E-state index is 12.6. The summed E-state index contributed by atoms with van der Waals surface area (Å²) in [6, 6.07) is 8.23. The first-order valence-electron chi connectivity index (χ1n) is 10.8. The molecule has 0 atom stereocenters. The fourth-order valence-corrected chi connectivity index (χ4v) is 5.70. The van der Waals surface area contributed by atoms with Crippen LogP contribution in [0.4, 0.5) is 5.82 Å². The first kappa shape index (κ1) is 22.2. The van der Waals surface area contributed by atoms with Crippen LogP contribution in [0.1, 0.15) is 41.7 Å². The van der Waals surface area contributed by atoms with E-state index in [4.69, 9.17) is 0 Å². The summed E-state index contributed by atoms with van der Waals surface area (Å²) in [5, 5.41) is 12.2. The zero-order valence-corrected chi connectivity index (χ0v) is 18.6. The number of aromatic nitrogens is 2. The molecule has 2 saturated heterocycles. The predicted octanol–water partition coefficient (Wildman–Crippen LogP) is 1.78. The van der Waals surface area contributed by atoms with Crippen molar-refractivity contribution in [2.75, 3.05) is 37.6 Å². The Morgan fingerprint density at radius 3 is 2.38 bits per heavy atom. The Bertz CT molecular complexity index is 1100. The number of piperidine rings is 1. The number of hydrogen-bond acceptors (Lipinski definition) is 7. The lowest BCUT2D eigenvalue weighted by Gasteiger charge is -2.32. The SMILES string of the molecule is N#Cc1nccnc1N1CCC(CNC(=O)c2ccc(S(=O)(=O)N3CCCC3)cc2)CC1. The van der Waals surface area contributed by atoms with Crippen LogP contribution < -0.4 is 10.2 Å². The Kier molecular flexibility index (Phi) is 6.67. The number of anilines is 1. The molecule has 1 aromatic heterocycles. The van der Waals surface area contributed by atoms with Crippen molar-refractivity contribution in [1.29, 1.82) is 5.26 Å². The molecular formula is C22H26N6O3S. The smallest absolute Gasteiger partial charge is 0.251 e. The molecule has 32 heavy (non-hydrogen) atoms. The average molecular weight is 455 g/mol. The number of nitriles is 1. The molecular weight excluding hydrogens is 428 g/mol. The summed E-state index contributed by atoms with van der Waals surface area (Å²) in [6.07, 6.45) is 6.61. The van der Waals surface area contributed by atoms with E-state index in [1.165, 1.54) is 22.6 Å². The minimum absolute atomic E-state index is 0.210. The number of rotatable bonds is 6. The number of benzene rings is 1. The summed E-state index contributed by atoms with van der Waals surface area (Å²) < 4.78 is 26.7. The molecule has 2 aromatic rings. The largest absolute Gasteiger partial charge is 0.354 e. The van der Waals surface area contributed by atoms with E-state index in [2.05, 4.69) is 26.3 Å². The van der Waals surface area contributed by atoms with Crippen molar-refractivity contribution in [3.63, 3.8) is 0 Å². The zero-order chi connectivity index (χ0) is 22.6. The van der Waals surface area contributed by atoms with E-state index >= 15 is 0 Å². The van der Waals surface area contributed by atoms with Crippen LogP contribution in [-0.2, 0) is 10.0 Å². The standard InChI is InChI=1S/C22H26N6O3S/c23-15-20-21(25-10-9-24-20)27-13-7-17(8-14-27)16-26-22(29)18-3-5-19(6-4-18)32(30,31)28-11-1-2-12-28/h3-6,9-10,17H,1-2,7-8,11-14,16H2,(H,26,29). The molecule has 0 unspecified atom stereocenters. The van der Waals surface area contributed by atoms with Crippen molar-refractivity contribution in [2.45, 2.75) is 30.6 Å². The third-order valence-electron chi connectivity index (χ3n) is 6.07. The molecule has 3 heterocycles. The lowest BCUT2D eigenvalue weighted by molar-refractivity contribution is 0.0944. The molecule has 9 nitrogen and oxygen atoms in total. The van der Waals surface area contributed by atoms with Gasteiger partial charge < -0.3 is 10.2 Å². The van der Waals surface area contributed by atoms with Gasteiger partial charge in [-0.05, 0) is 55.9 Å². The molecule has 2 fully saturated rings. The van der Waals surface area contributed by atoms with E-state index in [0.29, 0.717) is 42.6 Å². The van der Waals surface area contributed by atoms with Gasteiger partial charge in [0, 0.05) is 50.7 Å². The van der Waals surface area contributed by atoms with E-state index in [-0.39, 0.29) is 10.8 Å². The molecule has 0 saturated carbocycles. The van der Waals surface area contributed by atoms with E-state index in [1.807, 2.05) is 0 Å². The number of nitrogens with zero attached hydrogens (tertiary/aromatic N) is 5. The van der Waals surface area contributed by atoms with E-state index in [0.717, 1.165) is 38.8 Å². The van der Waals surface area contributed by atoms with Crippen molar-refractivity contribution in [3.8, 4) is 6.07 Å². The van der Waals surface area contributed by atoms with Gasteiger partial charge in [0.2, 0.25) is 10.0 Å². The molecule has 0 bridgehead atoms. The molecule has 1 aromatic carbocycles. The van der Waals surface area contributed by atoms with Crippen LogP contribution in [0, 0.1) is 17.2 Å². The van der Waals surface area contributed by atoms with Crippen molar-refractivity contribution in [1.82, 2.24) is 19.6 Å². The molecule has 168 valence electrons. The van der Waals surface area contributed by atoms with Gasteiger partial charge in [-0.1, -0.05) is 0 Å². The maximum Gasteiger partial charge on any atom is 0.251 e. The summed E-state index contributed by atoms with van der Waals surface area (Å²) >= 11 is 0. The summed E-state index contributed by atoms with van der Waals surface area (Å²) in [6.45, 7) is 3.15. The Hall–Kier alpha value is -3.03. The normalized spacial score (nSPS) is 17.8. The van der Waals surface area contributed by atoms with Gasteiger partial charge in [0.15, 0.2) is 11.5 Å². The molecule has 2 aliphatic heterocycles. The highest BCUT2D eigenvalue weighted by molar-refractivity contribution is 7.89. The number of hydrogen-bond donors (Lipinski definition) is 1. The molecule has 2 aliphatic rings. The summed E-state index contributed by atoms with van der Waals surface area (Å²) in [7, 11) is -3.48. The van der Waals surface area contributed by atoms with Gasteiger partial charge in [-0.3, -0.25) is 4.79 Å². The fraction of sp³-hybridized carbons (Fsp3) is 0.455. The Balaban J connectivity index is 1.29. The molecule has 1 N–H and O–H groups in total. The van der Waals surface area contributed by atoms with E-state index in [9.17, 15) is 18.5 Å². The van der Waals surface area contributed by atoms with Crippen molar-refractivity contribution in [3.05, 3.63) is 47.9 Å². The van der Waals surface area contributed by atoms with Crippen molar-refractivity contribution >= 4 is 21.7 Å². The lowest BCUT2D eigenvalue weighted by atomic mass is 9.96. The highest BCUT2D eigenvalue weighted by atomic mass is 32.2. The van der Waals surface area contributed by atoms with Gasteiger partial charge in [0.1, 0.15) is 6.07 Å². The highest BCUT2D eigenvalue weighted by Gasteiger charge is 2.27.